The molecule has 1 unspecified atom stereocenters. The third-order valence-electron chi connectivity index (χ3n) is 5.52. The first kappa shape index (κ1) is 18.1. The summed E-state index contributed by atoms with van der Waals surface area (Å²) in [7, 11) is 0. The highest BCUT2D eigenvalue weighted by molar-refractivity contribution is 5.76. The van der Waals surface area contributed by atoms with Gasteiger partial charge >= 0.3 is 0 Å². The second-order valence-corrected chi connectivity index (χ2v) is 7.85. The summed E-state index contributed by atoms with van der Waals surface area (Å²) < 4.78 is 8.17. The minimum atomic E-state index is -0.582. The van der Waals surface area contributed by atoms with Gasteiger partial charge in [-0.15, -0.1) is 0 Å². The van der Waals surface area contributed by atoms with Crippen LogP contribution in [0.25, 0.3) is 11.0 Å². The van der Waals surface area contributed by atoms with Crippen molar-refractivity contribution < 1.29 is 9.84 Å². The van der Waals surface area contributed by atoms with Gasteiger partial charge in [-0.1, -0.05) is 50.6 Å². The van der Waals surface area contributed by atoms with Crippen molar-refractivity contribution in [3.05, 3.63) is 59.9 Å². The summed E-state index contributed by atoms with van der Waals surface area (Å²) in [6.07, 6.45) is 3.07. The molecule has 1 fully saturated rings. The smallest absolute Gasteiger partial charge is 0.122 e. The molecule has 2 aromatic carbocycles. The number of hydrogen-bond donors (Lipinski definition) is 1. The molecule has 0 saturated heterocycles. The van der Waals surface area contributed by atoms with Crippen molar-refractivity contribution in [3.63, 3.8) is 0 Å². The lowest BCUT2D eigenvalue weighted by Gasteiger charge is -2.26. The maximum atomic E-state index is 10.7. The lowest BCUT2D eigenvalue weighted by molar-refractivity contribution is 0.0913. The molecule has 0 aliphatic heterocycles. The van der Waals surface area contributed by atoms with E-state index in [2.05, 4.69) is 36.6 Å². The molecule has 27 heavy (non-hydrogen) atoms. The van der Waals surface area contributed by atoms with Gasteiger partial charge in [-0.05, 0) is 42.5 Å². The Bertz CT molecular complexity index is 912. The van der Waals surface area contributed by atoms with E-state index >= 15 is 0 Å². The van der Waals surface area contributed by atoms with Crippen LogP contribution in [0, 0.1) is 0 Å². The number of ether oxygens (including phenoxy) is 1. The highest BCUT2D eigenvalue weighted by Gasteiger charge is 2.26. The maximum Gasteiger partial charge on any atom is 0.122 e. The van der Waals surface area contributed by atoms with Crippen LogP contribution < -0.4 is 4.74 Å². The van der Waals surface area contributed by atoms with Gasteiger partial charge in [-0.25, -0.2) is 4.98 Å². The molecule has 0 spiro atoms. The first-order valence-corrected chi connectivity index (χ1v) is 9.98. The monoisotopic (exact) mass is 364 g/mol. The summed E-state index contributed by atoms with van der Waals surface area (Å²) in [5.74, 6) is 2.89. The van der Waals surface area contributed by atoms with E-state index < -0.39 is 6.10 Å². The Morgan fingerprint density at radius 1 is 1.11 bits per heavy atom. The third kappa shape index (κ3) is 3.72. The number of nitrogens with zero attached hydrogens (tertiary/aromatic N) is 2. The zero-order valence-corrected chi connectivity index (χ0v) is 16.1. The molecule has 1 N–H and O–H groups in total. The highest BCUT2D eigenvalue weighted by atomic mass is 16.5. The average molecular weight is 364 g/mol. The standard InChI is InChI=1S/C23H28N2O2/c1-16(2)19-10-3-6-13-22(19)27-15-18(26)14-25-21-12-5-4-11-20(21)24-23(25)17-8-7-9-17/h3-6,10-13,16-18,26H,7-9,14-15H2,1-2H3. The van der Waals surface area contributed by atoms with Gasteiger partial charge in [-0.3, -0.25) is 0 Å². The van der Waals surface area contributed by atoms with Gasteiger partial charge in [0, 0.05) is 5.92 Å². The number of para-hydroxylation sites is 3. The van der Waals surface area contributed by atoms with Crippen molar-refractivity contribution in [1.29, 1.82) is 0 Å². The number of rotatable bonds is 7. The van der Waals surface area contributed by atoms with Crippen LogP contribution in [0.3, 0.4) is 0 Å². The van der Waals surface area contributed by atoms with Crippen molar-refractivity contribution in [1.82, 2.24) is 9.55 Å². The molecule has 1 saturated carbocycles. The lowest BCUT2D eigenvalue weighted by Crippen LogP contribution is -2.26. The molecule has 4 heteroatoms. The number of fused-ring (bicyclic) bond motifs is 1. The molecule has 4 nitrogen and oxygen atoms in total. The van der Waals surface area contributed by atoms with E-state index in [0.29, 0.717) is 18.4 Å². The number of aliphatic hydroxyl groups excluding tert-OH is 1. The van der Waals surface area contributed by atoms with Crippen LogP contribution in [0.15, 0.2) is 48.5 Å². The Balaban J connectivity index is 1.51. The van der Waals surface area contributed by atoms with E-state index in [0.717, 1.165) is 22.6 Å². The predicted octanol–water partition coefficient (Wildman–Crippen LogP) is 4.87. The van der Waals surface area contributed by atoms with Gasteiger partial charge in [0.15, 0.2) is 0 Å². The van der Waals surface area contributed by atoms with Crippen LogP contribution >= 0.6 is 0 Å². The van der Waals surface area contributed by atoms with E-state index in [9.17, 15) is 5.11 Å². The Morgan fingerprint density at radius 2 is 1.85 bits per heavy atom. The van der Waals surface area contributed by atoms with Gasteiger partial charge in [0.05, 0.1) is 17.6 Å². The lowest BCUT2D eigenvalue weighted by atomic mass is 9.85. The summed E-state index contributed by atoms with van der Waals surface area (Å²) in [5.41, 5.74) is 3.28. The minimum Gasteiger partial charge on any atom is -0.491 e. The summed E-state index contributed by atoms with van der Waals surface area (Å²) in [4.78, 5) is 4.85. The van der Waals surface area contributed by atoms with Gasteiger partial charge in [-0.2, -0.15) is 0 Å². The molecular formula is C23H28N2O2. The number of hydrogen-bond acceptors (Lipinski definition) is 3. The van der Waals surface area contributed by atoms with Crippen LogP contribution in [-0.4, -0.2) is 27.4 Å². The number of benzene rings is 2. The largest absolute Gasteiger partial charge is 0.491 e. The van der Waals surface area contributed by atoms with Crippen LogP contribution in [0.2, 0.25) is 0 Å². The van der Waals surface area contributed by atoms with Gasteiger partial charge in [0.25, 0.3) is 0 Å². The average Bonchev–Trinajstić information content (AvgIpc) is 2.97. The predicted molar refractivity (Wildman–Crippen MR) is 108 cm³/mol. The van der Waals surface area contributed by atoms with E-state index in [1.807, 2.05) is 30.3 Å². The number of aromatic nitrogens is 2. The third-order valence-corrected chi connectivity index (χ3v) is 5.52. The Kier molecular flexibility index (Phi) is 5.17. The van der Waals surface area contributed by atoms with Crippen molar-refractivity contribution >= 4 is 11.0 Å². The molecule has 1 atom stereocenters. The molecule has 142 valence electrons. The molecule has 4 rings (SSSR count). The molecule has 0 amide bonds. The molecule has 1 aromatic heterocycles. The zero-order valence-electron chi connectivity index (χ0n) is 16.1. The van der Waals surface area contributed by atoms with Crippen molar-refractivity contribution in [3.8, 4) is 5.75 Å². The maximum absolute atomic E-state index is 10.7. The topological polar surface area (TPSA) is 47.3 Å². The van der Waals surface area contributed by atoms with Crippen molar-refractivity contribution in [2.24, 2.45) is 0 Å². The summed E-state index contributed by atoms with van der Waals surface area (Å²) in [6, 6.07) is 16.3. The summed E-state index contributed by atoms with van der Waals surface area (Å²) in [5, 5.41) is 10.7. The second kappa shape index (κ2) is 7.73. The summed E-state index contributed by atoms with van der Waals surface area (Å²) >= 11 is 0. The zero-order chi connectivity index (χ0) is 18.8. The van der Waals surface area contributed by atoms with E-state index in [4.69, 9.17) is 9.72 Å². The van der Waals surface area contributed by atoms with Crippen molar-refractivity contribution in [2.75, 3.05) is 6.61 Å². The molecule has 0 bridgehead atoms. The molecular weight excluding hydrogens is 336 g/mol. The Labute approximate surface area is 160 Å². The fourth-order valence-corrected chi connectivity index (χ4v) is 3.80. The van der Waals surface area contributed by atoms with Gasteiger partial charge in [0.2, 0.25) is 0 Å². The molecule has 1 aliphatic carbocycles. The van der Waals surface area contributed by atoms with Gasteiger partial charge in [0.1, 0.15) is 24.3 Å². The van der Waals surface area contributed by atoms with Crippen LogP contribution in [0.1, 0.15) is 56.3 Å². The fraction of sp³-hybridized carbons (Fsp3) is 0.435. The highest BCUT2D eigenvalue weighted by Crippen LogP contribution is 2.37. The Hall–Kier alpha value is -2.33. The van der Waals surface area contributed by atoms with Crippen LogP contribution in [-0.2, 0) is 6.54 Å². The van der Waals surface area contributed by atoms with Crippen LogP contribution in [0.4, 0.5) is 0 Å². The molecule has 3 aromatic rings. The Morgan fingerprint density at radius 3 is 2.59 bits per heavy atom. The summed E-state index contributed by atoms with van der Waals surface area (Å²) in [6.45, 7) is 5.10. The van der Waals surface area contributed by atoms with Gasteiger partial charge < -0.3 is 14.4 Å². The molecule has 1 heterocycles. The van der Waals surface area contributed by atoms with E-state index in [-0.39, 0.29) is 6.61 Å². The van der Waals surface area contributed by atoms with E-state index in [1.54, 1.807) is 0 Å². The number of imidazole rings is 1. The quantitative estimate of drug-likeness (QED) is 0.651. The fourth-order valence-electron chi connectivity index (χ4n) is 3.80. The van der Waals surface area contributed by atoms with Crippen LogP contribution in [0.5, 0.6) is 5.75 Å². The first-order chi connectivity index (χ1) is 13.1. The van der Waals surface area contributed by atoms with Crippen molar-refractivity contribution in [2.45, 2.75) is 57.6 Å². The second-order valence-electron chi connectivity index (χ2n) is 7.85. The SMILES string of the molecule is CC(C)c1ccccc1OCC(O)Cn1c(C2CCC2)nc2ccccc21. The van der Waals surface area contributed by atoms with E-state index in [1.165, 1.54) is 24.8 Å². The molecule has 0 radical (unpaired) electrons. The number of aliphatic hydroxyl groups is 1. The minimum absolute atomic E-state index is 0.278. The molecule has 1 aliphatic rings. The normalized spacial score (nSPS) is 15.9. The first-order valence-electron chi connectivity index (χ1n) is 9.98.